The molecule has 278 valence electrons. The van der Waals surface area contributed by atoms with Gasteiger partial charge in [0.2, 0.25) is 0 Å². The molecule has 3 aliphatic heterocycles. The Balaban J connectivity index is 0.000000155. The van der Waals surface area contributed by atoms with Crippen LogP contribution in [0.1, 0.15) is 83.1 Å². The summed E-state index contributed by atoms with van der Waals surface area (Å²) in [7, 11) is 2.46. The molecule has 0 spiro atoms. The smallest absolute Gasteiger partial charge is 0.405 e. The molecule has 0 bridgehead atoms. The summed E-state index contributed by atoms with van der Waals surface area (Å²) in [4.78, 5) is 8.71. The van der Waals surface area contributed by atoms with Gasteiger partial charge < -0.3 is 27.9 Å². The van der Waals surface area contributed by atoms with Crippen molar-refractivity contribution in [3.8, 4) is 22.8 Å². The highest BCUT2D eigenvalue weighted by Crippen LogP contribution is 2.43. The molecule has 12 nitrogen and oxygen atoms in total. The van der Waals surface area contributed by atoms with Crippen molar-refractivity contribution in [2.75, 3.05) is 0 Å². The molecule has 0 aromatic carbocycles. The van der Waals surface area contributed by atoms with E-state index in [4.69, 9.17) is 27.9 Å². The molecule has 16 heteroatoms. The van der Waals surface area contributed by atoms with Gasteiger partial charge in [0.1, 0.15) is 11.4 Å². The summed E-state index contributed by atoms with van der Waals surface area (Å²) in [6.07, 6.45) is 7.37. The maximum atomic E-state index is 6.02. The minimum absolute atomic E-state index is 0.336. The third kappa shape index (κ3) is 8.59. The zero-order valence-electron chi connectivity index (χ0n) is 33.0. The van der Waals surface area contributed by atoms with Gasteiger partial charge in [-0.2, -0.15) is 10.2 Å². The summed E-state index contributed by atoms with van der Waals surface area (Å²) in [5, 5.41) is 8.60. The number of halogens is 1. The Morgan fingerprint density at radius 1 is 0.481 bits per heavy atom. The Morgan fingerprint density at radius 3 is 1.15 bits per heavy atom. The van der Waals surface area contributed by atoms with E-state index in [9.17, 15) is 0 Å². The molecule has 3 aliphatic rings. The van der Waals surface area contributed by atoms with E-state index in [0.29, 0.717) is 0 Å². The second-order valence-corrected chi connectivity index (χ2v) is 17.3. The van der Waals surface area contributed by atoms with Gasteiger partial charge in [-0.05, 0) is 129 Å². The summed E-state index contributed by atoms with van der Waals surface area (Å²) in [6, 6.07) is 11.7. The number of rotatable bonds is 4. The van der Waals surface area contributed by atoms with Crippen LogP contribution in [0, 0.1) is 0 Å². The van der Waals surface area contributed by atoms with Gasteiger partial charge in [-0.1, -0.05) is 6.07 Å². The lowest BCUT2D eigenvalue weighted by Gasteiger charge is -2.32. The summed E-state index contributed by atoms with van der Waals surface area (Å²) >= 11 is 3.34. The van der Waals surface area contributed by atoms with Crippen molar-refractivity contribution in [2.24, 2.45) is 14.1 Å². The van der Waals surface area contributed by atoms with E-state index in [1.165, 1.54) is 0 Å². The van der Waals surface area contributed by atoms with Crippen LogP contribution in [0.2, 0.25) is 0 Å². The summed E-state index contributed by atoms with van der Waals surface area (Å²) in [6.45, 7) is 24.4. The maximum Gasteiger partial charge on any atom is 0.496 e. The van der Waals surface area contributed by atoms with Crippen molar-refractivity contribution in [1.82, 2.24) is 29.5 Å². The molecule has 0 radical (unpaired) electrons. The summed E-state index contributed by atoms with van der Waals surface area (Å²) in [5.41, 5.74) is 2.31. The standard InChI is InChI=1S/C15H20BN3O2.C12H24B2O4.C9H8BrN3/c1-14(2)15(3,4)21-16(20-14)11-6-7-12(17-10-11)13-8-9-19(5)18-13;1-9(2)10(3,4)16-13(15-9)14-17-11(5,6)12(7,8)18-14;1-13-5-4-9(12-13)8-3-2-7(10)6-11-8/h6-10H,1-5H3;1-8H3;2-6H,1H3. The van der Waals surface area contributed by atoms with Gasteiger partial charge in [-0.3, -0.25) is 19.3 Å². The average molecular weight is 777 g/mol. The zero-order chi connectivity index (χ0) is 38.5. The largest absolute Gasteiger partial charge is 0.496 e. The van der Waals surface area contributed by atoms with E-state index in [-0.39, 0.29) is 40.7 Å². The molecular formula is C36H52B3BrN6O6. The number of nitrogens with zero attached hydrogens (tertiary/aromatic N) is 6. The predicted molar refractivity (Wildman–Crippen MR) is 208 cm³/mol. The van der Waals surface area contributed by atoms with Crippen LogP contribution in [0.3, 0.4) is 0 Å². The molecule has 3 fully saturated rings. The van der Waals surface area contributed by atoms with Crippen LogP contribution in [0.5, 0.6) is 0 Å². The molecule has 4 aromatic heterocycles. The van der Waals surface area contributed by atoms with Gasteiger partial charge in [0, 0.05) is 48.8 Å². The second-order valence-electron chi connectivity index (χ2n) is 16.4. The first-order valence-corrected chi connectivity index (χ1v) is 18.4. The Hall–Kier alpha value is -2.85. The van der Waals surface area contributed by atoms with Crippen molar-refractivity contribution in [1.29, 1.82) is 0 Å². The van der Waals surface area contributed by atoms with Gasteiger partial charge in [0.15, 0.2) is 0 Å². The van der Waals surface area contributed by atoms with Crippen LogP contribution >= 0.6 is 15.9 Å². The summed E-state index contributed by atoms with van der Waals surface area (Å²) < 4.78 is 40.4. The average Bonchev–Trinajstić information content (AvgIpc) is 3.81. The molecule has 0 amide bonds. The number of aryl methyl sites for hydroxylation is 2. The van der Waals surface area contributed by atoms with Crippen molar-refractivity contribution in [3.63, 3.8) is 0 Å². The quantitative estimate of drug-likeness (QED) is 0.220. The lowest BCUT2D eigenvalue weighted by Crippen LogP contribution is -2.41. The van der Waals surface area contributed by atoms with Crippen molar-refractivity contribution in [3.05, 3.63) is 65.7 Å². The Kier molecular flexibility index (Phi) is 11.2. The van der Waals surface area contributed by atoms with Crippen LogP contribution in [-0.4, -0.2) is 84.3 Å². The minimum atomic E-state index is -0.476. The van der Waals surface area contributed by atoms with Crippen LogP contribution in [0.4, 0.5) is 0 Å². The van der Waals surface area contributed by atoms with E-state index in [1.807, 2.05) is 146 Å². The van der Waals surface area contributed by atoms with Gasteiger partial charge in [-0.15, -0.1) is 0 Å². The van der Waals surface area contributed by atoms with Crippen LogP contribution in [0.25, 0.3) is 22.8 Å². The molecule has 7 rings (SSSR count). The third-order valence-corrected chi connectivity index (χ3v) is 11.2. The molecule has 0 aliphatic carbocycles. The highest BCUT2D eigenvalue weighted by Gasteiger charge is 2.63. The van der Waals surface area contributed by atoms with Crippen molar-refractivity contribution >= 4 is 42.5 Å². The molecule has 0 saturated carbocycles. The number of hydrogen-bond donors (Lipinski definition) is 0. The first-order valence-electron chi connectivity index (χ1n) is 17.6. The van der Waals surface area contributed by atoms with Gasteiger partial charge >= 0.3 is 21.1 Å². The van der Waals surface area contributed by atoms with Crippen molar-refractivity contribution in [2.45, 2.75) is 117 Å². The van der Waals surface area contributed by atoms with E-state index in [2.05, 4.69) is 36.1 Å². The Bertz CT molecular complexity index is 1750. The number of aromatic nitrogens is 6. The normalized spacial score (nSPS) is 21.7. The Labute approximate surface area is 318 Å². The van der Waals surface area contributed by atoms with Crippen LogP contribution in [0.15, 0.2) is 65.7 Å². The fourth-order valence-electron chi connectivity index (χ4n) is 5.31. The van der Waals surface area contributed by atoms with Crippen LogP contribution in [-0.2, 0) is 42.0 Å². The summed E-state index contributed by atoms with van der Waals surface area (Å²) in [5.74, 6) is 0. The highest BCUT2D eigenvalue weighted by molar-refractivity contribution is 9.10. The zero-order valence-corrected chi connectivity index (χ0v) is 34.6. The van der Waals surface area contributed by atoms with Crippen molar-refractivity contribution < 1.29 is 27.9 Å². The topological polar surface area (TPSA) is 117 Å². The molecule has 4 aromatic rings. The number of pyridine rings is 2. The fourth-order valence-corrected chi connectivity index (χ4v) is 5.54. The maximum absolute atomic E-state index is 6.02. The van der Waals surface area contributed by atoms with Gasteiger partial charge in [-0.25, -0.2) is 0 Å². The van der Waals surface area contributed by atoms with Gasteiger partial charge in [0.05, 0.1) is 45.0 Å². The molecular weight excluding hydrogens is 725 g/mol. The second kappa shape index (κ2) is 14.4. The Morgan fingerprint density at radius 2 is 0.846 bits per heavy atom. The molecule has 0 N–H and O–H groups in total. The monoisotopic (exact) mass is 776 g/mol. The number of hydrogen-bond acceptors (Lipinski definition) is 10. The fraction of sp³-hybridized carbons (Fsp3) is 0.556. The van der Waals surface area contributed by atoms with Crippen LogP contribution < -0.4 is 5.46 Å². The van der Waals surface area contributed by atoms with E-state index < -0.39 is 14.0 Å². The van der Waals surface area contributed by atoms with Gasteiger partial charge in [0.25, 0.3) is 0 Å². The molecule has 7 heterocycles. The molecule has 0 unspecified atom stereocenters. The van der Waals surface area contributed by atoms with E-state index >= 15 is 0 Å². The first-order chi connectivity index (χ1) is 23.9. The molecule has 3 saturated heterocycles. The van der Waals surface area contributed by atoms with E-state index in [0.717, 1.165) is 32.7 Å². The third-order valence-electron chi connectivity index (χ3n) is 10.8. The first kappa shape index (κ1) is 40.3. The SMILES string of the molecule is CC1(C)OB(B2OC(C)(C)C(C)(C)O2)OC1(C)C.Cn1ccc(-c2ccc(B3OC(C)(C)C(C)(C)O3)cn2)n1.Cn1ccc(-c2ccc(Br)cn2)n1. The lowest BCUT2D eigenvalue weighted by molar-refractivity contribution is 0.00578. The minimum Gasteiger partial charge on any atom is -0.405 e. The predicted octanol–water partition coefficient (Wildman–Crippen LogP) is 6.28. The molecule has 0 atom stereocenters. The lowest BCUT2D eigenvalue weighted by atomic mass is 9.49. The molecule has 52 heavy (non-hydrogen) atoms. The highest BCUT2D eigenvalue weighted by atomic mass is 79.9. The van der Waals surface area contributed by atoms with E-state index in [1.54, 1.807) is 21.8 Å².